The minimum absolute atomic E-state index is 0.145. The Morgan fingerprint density at radius 2 is 2.05 bits per heavy atom. The maximum atomic E-state index is 12.1. The summed E-state index contributed by atoms with van der Waals surface area (Å²) in [6, 6.07) is 0.569. The average Bonchev–Trinajstić information content (AvgIpc) is 2.27. The van der Waals surface area contributed by atoms with Crippen LogP contribution in [-0.4, -0.2) is 29.3 Å². The predicted molar refractivity (Wildman–Crippen MR) is 53.7 cm³/mol. The van der Waals surface area contributed by atoms with Gasteiger partial charge in [0.1, 0.15) is 5.56 Å². The normalized spacial score (nSPS) is 11.0. The molecular formula is C9H7F3N2O5. The van der Waals surface area contributed by atoms with E-state index in [4.69, 9.17) is 0 Å². The number of carbonyl (C=O) groups is 1. The lowest BCUT2D eigenvalue weighted by Gasteiger charge is -2.10. The number of alkyl halides is 3. The first-order valence-corrected chi connectivity index (χ1v) is 4.66. The maximum absolute atomic E-state index is 12.1. The predicted octanol–water partition coefficient (Wildman–Crippen LogP) is 1.98. The lowest BCUT2D eigenvalue weighted by atomic mass is 10.2. The van der Waals surface area contributed by atoms with Crippen LogP contribution in [-0.2, 0) is 4.74 Å². The van der Waals surface area contributed by atoms with Crippen LogP contribution in [0.3, 0.4) is 0 Å². The standard InChI is InChI=1S/C9H7F3N2O5/c1-4-5(8(15)18-2)3-6(19-9(10,11)12)7(13-4)14(16)17/h3H,1-2H3. The van der Waals surface area contributed by atoms with E-state index in [2.05, 4.69) is 14.5 Å². The number of hydrogen-bond donors (Lipinski definition) is 0. The van der Waals surface area contributed by atoms with Gasteiger partial charge in [-0.2, -0.15) is 0 Å². The van der Waals surface area contributed by atoms with Crippen molar-refractivity contribution in [3.05, 3.63) is 27.4 Å². The summed E-state index contributed by atoms with van der Waals surface area (Å²) in [5, 5.41) is 10.6. The Balaban J connectivity index is 3.39. The van der Waals surface area contributed by atoms with Crippen molar-refractivity contribution >= 4 is 11.8 Å². The van der Waals surface area contributed by atoms with E-state index < -0.39 is 28.8 Å². The quantitative estimate of drug-likeness (QED) is 0.477. The van der Waals surface area contributed by atoms with Crippen LogP contribution in [0.15, 0.2) is 6.07 Å². The van der Waals surface area contributed by atoms with Crippen molar-refractivity contribution in [1.29, 1.82) is 0 Å². The summed E-state index contributed by atoms with van der Waals surface area (Å²) < 4.78 is 44.1. The zero-order valence-corrected chi connectivity index (χ0v) is 9.65. The number of aromatic nitrogens is 1. The number of pyridine rings is 1. The van der Waals surface area contributed by atoms with Gasteiger partial charge in [-0.05, 0) is 9.91 Å². The number of methoxy groups -OCH3 is 1. The van der Waals surface area contributed by atoms with Crippen LogP contribution in [0, 0.1) is 17.0 Å². The van der Waals surface area contributed by atoms with E-state index in [0.29, 0.717) is 6.07 Å². The monoisotopic (exact) mass is 280 g/mol. The van der Waals surface area contributed by atoms with E-state index in [0.717, 1.165) is 7.11 Å². The summed E-state index contributed by atoms with van der Waals surface area (Å²) in [6.07, 6.45) is -5.14. The van der Waals surface area contributed by atoms with Gasteiger partial charge in [-0.25, -0.2) is 4.79 Å². The lowest BCUT2D eigenvalue weighted by molar-refractivity contribution is -0.393. The number of nitro groups is 1. The molecule has 1 rings (SSSR count). The topological polar surface area (TPSA) is 91.6 Å². The first-order valence-electron chi connectivity index (χ1n) is 4.66. The molecule has 1 aromatic heterocycles. The fourth-order valence-electron chi connectivity index (χ4n) is 1.22. The molecule has 0 radical (unpaired) electrons. The van der Waals surface area contributed by atoms with Crippen molar-refractivity contribution in [1.82, 2.24) is 4.98 Å². The van der Waals surface area contributed by atoms with Crippen molar-refractivity contribution in [2.75, 3.05) is 7.11 Å². The van der Waals surface area contributed by atoms with Crippen LogP contribution in [0.5, 0.6) is 5.75 Å². The largest absolute Gasteiger partial charge is 0.573 e. The third-order valence-corrected chi connectivity index (χ3v) is 1.96. The molecule has 0 bridgehead atoms. The molecule has 104 valence electrons. The van der Waals surface area contributed by atoms with Gasteiger partial charge < -0.3 is 19.6 Å². The Bertz CT molecular complexity index is 529. The zero-order valence-electron chi connectivity index (χ0n) is 9.65. The highest BCUT2D eigenvalue weighted by Crippen LogP contribution is 2.32. The molecule has 10 heteroatoms. The molecule has 1 aromatic rings. The van der Waals surface area contributed by atoms with Crippen molar-refractivity contribution < 1.29 is 32.4 Å². The van der Waals surface area contributed by atoms with E-state index in [1.165, 1.54) is 6.92 Å². The summed E-state index contributed by atoms with van der Waals surface area (Å²) in [4.78, 5) is 24.0. The minimum atomic E-state index is -5.14. The molecule has 0 spiro atoms. The molecule has 0 aromatic carbocycles. The summed E-state index contributed by atoms with van der Waals surface area (Å²) >= 11 is 0. The fraction of sp³-hybridized carbons (Fsp3) is 0.333. The van der Waals surface area contributed by atoms with Gasteiger partial charge in [0.05, 0.1) is 7.11 Å². The summed E-state index contributed by atoms with van der Waals surface area (Å²) in [5.74, 6) is -3.29. The molecule has 0 aliphatic heterocycles. The number of ether oxygens (including phenoxy) is 2. The number of nitrogens with zero attached hydrogens (tertiary/aromatic N) is 2. The molecule has 7 nitrogen and oxygen atoms in total. The lowest BCUT2D eigenvalue weighted by Crippen LogP contribution is -2.19. The number of halogens is 3. The first-order chi connectivity index (χ1) is 8.65. The van der Waals surface area contributed by atoms with Crippen molar-refractivity contribution in [2.45, 2.75) is 13.3 Å². The van der Waals surface area contributed by atoms with Crippen LogP contribution in [0.1, 0.15) is 16.1 Å². The molecule has 0 atom stereocenters. The van der Waals surface area contributed by atoms with Gasteiger partial charge in [-0.3, -0.25) is 0 Å². The molecule has 0 fully saturated rings. The van der Waals surface area contributed by atoms with Gasteiger partial charge in [0.2, 0.25) is 5.75 Å². The molecule has 0 amide bonds. The van der Waals surface area contributed by atoms with Gasteiger partial charge in [0, 0.05) is 13.0 Å². The van der Waals surface area contributed by atoms with Crippen LogP contribution >= 0.6 is 0 Å². The molecule has 0 aliphatic carbocycles. The van der Waals surface area contributed by atoms with Gasteiger partial charge in [-0.15, -0.1) is 13.2 Å². The fourth-order valence-corrected chi connectivity index (χ4v) is 1.22. The molecule has 19 heavy (non-hydrogen) atoms. The van der Waals surface area contributed by atoms with Crippen LogP contribution in [0.2, 0.25) is 0 Å². The molecular weight excluding hydrogens is 273 g/mol. The Morgan fingerprint density at radius 1 is 1.47 bits per heavy atom. The molecule has 0 saturated carbocycles. The summed E-state index contributed by atoms with van der Waals surface area (Å²) in [6.45, 7) is 1.22. The van der Waals surface area contributed by atoms with E-state index in [-0.39, 0.29) is 11.3 Å². The number of rotatable bonds is 3. The zero-order chi connectivity index (χ0) is 14.8. The molecule has 0 saturated heterocycles. The van der Waals surface area contributed by atoms with Crippen molar-refractivity contribution in [3.8, 4) is 5.75 Å². The van der Waals surface area contributed by atoms with Gasteiger partial charge in [0.15, 0.2) is 5.69 Å². The highest BCUT2D eigenvalue weighted by molar-refractivity contribution is 5.91. The Kier molecular flexibility index (Phi) is 3.92. The van der Waals surface area contributed by atoms with E-state index in [1.54, 1.807) is 0 Å². The van der Waals surface area contributed by atoms with E-state index in [1.807, 2.05) is 0 Å². The van der Waals surface area contributed by atoms with Crippen LogP contribution < -0.4 is 4.74 Å². The third-order valence-electron chi connectivity index (χ3n) is 1.96. The van der Waals surface area contributed by atoms with E-state index >= 15 is 0 Å². The molecule has 0 N–H and O–H groups in total. The third kappa shape index (κ3) is 3.53. The van der Waals surface area contributed by atoms with Gasteiger partial charge in [0.25, 0.3) is 0 Å². The molecule has 1 heterocycles. The van der Waals surface area contributed by atoms with Gasteiger partial charge in [-0.1, -0.05) is 0 Å². The Hall–Kier alpha value is -2.39. The molecule has 0 unspecified atom stereocenters. The molecule has 0 aliphatic rings. The van der Waals surface area contributed by atoms with Crippen molar-refractivity contribution in [3.63, 3.8) is 0 Å². The highest BCUT2D eigenvalue weighted by Gasteiger charge is 2.36. The minimum Gasteiger partial charge on any atom is -0.465 e. The second kappa shape index (κ2) is 5.08. The summed E-state index contributed by atoms with van der Waals surface area (Å²) in [7, 11) is 1.01. The Morgan fingerprint density at radius 3 is 2.47 bits per heavy atom. The second-order valence-corrected chi connectivity index (χ2v) is 3.24. The summed E-state index contributed by atoms with van der Waals surface area (Å²) in [5.41, 5.74) is -0.500. The number of hydrogen-bond acceptors (Lipinski definition) is 6. The number of esters is 1. The van der Waals surface area contributed by atoms with Crippen LogP contribution in [0.4, 0.5) is 19.0 Å². The highest BCUT2D eigenvalue weighted by atomic mass is 19.4. The second-order valence-electron chi connectivity index (χ2n) is 3.24. The number of carbonyl (C=O) groups excluding carboxylic acids is 1. The smallest absolute Gasteiger partial charge is 0.465 e. The van der Waals surface area contributed by atoms with Crippen molar-refractivity contribution in [2.24, 2.45) is 0 Å². The average molecular weight is 280 g/mol. The van der Waals surface area contributed by atoms with Crippen LogP contribution in [0.25, 0.3) is 0 Å². The Labute approximate surface area is 104 Å². The maximum Gasteiger partial charge on any atom is 0.573 e. The SMILES string of the molecule is COC(=O)c1cc(OC(F)(F)F)c([N+](=O)[O-])nc1C. The first kappa shape index (κ1) is 14.7. The van der Waals surface area contributed by atoms with Gasteiger partial charge >= 0.3 is 18.1 Å². The van der Waals surface area contributed by atoms with E-state index in [9.17, 15) is 28.1 Å². The number of aryl methyl sites for hydroxylation is 1.